The second-order valence-corrected chi connectivity index (χ2v) is 8.18. The van der Waals surface area contributed by atoms with Crippen molar-refractivity contribution in [3.05, 3.63) is 35.5 Å². The highest BCUT2D eigenvalue weighted by molar-refractivity contribution is 5.92. The third-order valence-electron chi connectivity index (χ3n) is 6.04. The molecule has 3 heterocycles. The molecule has 7 heteroatoms. The van der Waals surface area contributed by atoms with E-state index in [1.165, 1.54) is 25.7 Å². The van der Waals surface area contributed by atoms with Crippen LogP contribution in [0.5, 0.6) is 0 Å². The van der Waals surface area contributed by atoms with E-state index in [9.17, 15) is 4.79 Å². The van der Waals surface area contributed by atoms with Crippen LogP contribution in [0.4, 0.5) is 0 Å². The summed E-state index contributed by atoms with van der Waals surface area (Å²) in [6.45, 7) is 2.53. The molecule has 2 aromatic rings. The number of fused-ring (bicyclic) bond motifs is 1. The predicted octanol–water partition coefficient (Wildman–Crippen LogP) is 3.15. The maximum Gasteiger partial charge on any atom is 0.276 e. The highest BCUT2D eigenvalue weighted by atomic mass is 16.5. The van der Waals surface area contributed by atoms with Crippen molar-refractivity contribution in [2.75, 3.05) is 19.8 Å². The van der Waals surface area contributed by atoms with Crippen LogP contribution in [0, 0.1) is 5.92 Å². The zero-order valence-corrected chi connectivity index (χ0v) is 15.5. The summed E-state index contributed by atoms with van der Waals surface area (Å²) < 4.78 is 13.4. The summed E-state index contributed by atoms with van der Waals surface area (Å²) in [5.74, 6) is 1.92. The summed E-state index contributed by atoms with van der Waals surface area (Å²) in [5.41, 5.74) is 1.45. The van der Waals surface area contributed by atoms with Crippen LogP contribution >= 0.6 is 0 Å². The third-order valence-corrected chi connectivity index (χ3v) is 6.04. The molecule has 0 spiro atoms. The van der Waals surface area contributed by atoms with Gasteiger partial charge in [0.05, 0.1) is 24.9 Å². The fraction of sp³-hybridized carbons (Fsp3) is 0.650. The van der Waals surface area contributed by atoms with E-state index in [2.05, 4.69) is 10.3 Å². The minimum Gasteiger partial charge on any atom is -0.379 e. The zero-order chi connectivity index (χ0) is 18.2. The summed E-state index contributed by atoms with van der Waals surface area (Å²) in [7, 11) is 0. The molecule has 2 aromatic heterocycles. The first-order valence-electron chi connectivity index (χ1n) is 10.1. The van der Waals surface area contributed by atoms with Crippen LogP contribution in [-0.2, 0) is 11.3 Å². The van der Waals surface area contributed by atoms with Gasteiger partial charge in [-0.15, -0.1) is 0 Å². The summed E-state index contributed by atoms with van der Waals surface area (Å²) >= 11 is 0. The second kappa shape index (κ2) is 7.11. The molecule has 2 fully saturated rings. The fourth-order valence-electron chi connectivity index (χ4n) is 4.33. The molecule has 1 atom stereocenters. The van der Waals surface area contributed by atoms with Gasteiger partial charge in [0.1, 0.15) is 5.76 Å². The number of carbonyl (C=O) groups excluding carboxylic acids is 1. The van der Waals surface area contributed by atoms with Crippen molar-refractivity contribution < 1.29 is 14.1 Å². The minimum absolute atomic E-state index is 0.0453. The Bertz CT molecular complexity index is 804. The molecule has 0 radical (unpaired) electrons. The summed E-state index contributed by atoms with van der Waals surface area (Å²) in [6, 6.07) is 3.84. The van der Waals surface area contributed by atoms with Crippen molar-refractivity contribution in [2.24, 2.45) is 5.92 Å². The lowest BCUT2D eigenvalue weighted by Crippen LogP contribution is -2.43. The first-order chi connectivity index (χ1) is 13.3. The lowest BCUT2D eigenvalue weighted by Gasteiger charge is -2.33. The van der Waals surface area contributed by atoms with Crippen LogP contribution < -0.4 is 0 Å². The van der Waals surface area contributed by atoms with Crippen LogP contribution in [0.3, 0.4) is 0 Å². The summed E-state index contributed by atoms with van der Waals surface area (Å²) in [5, 5.41) is 8.47. The molecule has 0 N–H and O–H groups in total. The number of rotatable bonds is 6. The predicted molar refractivity (Wildman–Crippen MR) is 97.3 cm³/mol. The van der Waals surface area contributed by atoms with E-state index in [1.54, 1.807) is 6.20 Å². The molecule has 1 aliphatic heterocycles. The summed E-state index contributed by atoms with van der Waals surface area (Å²) in [4.78, 5) is 14.8. The molecule has 5 rings (SSSR count). The third kappa shape index (κ3) is 3.52. The fourth-order valence-corrected chi connectivity index (χ4v) is 4.33. The van der Waals surface area contributed by atoms with Gasteiger partial charge >= 0.3 is 0 Å². The largest absolute Gasteiger partial charge is 0.379 e. The standard InChI is InChI=1S/C20H26N4O3/c25-20(18-9-19(27-22-18)15-5-6-15)23-10-16-7-8-21-24(16)17(11-23)13-26-12-14-3-1-2-4-14/h7-9,14-15,17H,1-6,10-13H2. The Kier molecular flexibility index (Phi) is 4.47. The van der Waals surface area contributed by atoms with Gasteiger partial charge in [0.2, 0.25) is 0 Å². The average Bonchev–Trinajstić information content (AvgIpc) is 3.11. The Balaban J connectivity index is 1.25. The van der Waals surface area contributed by atoms with Crippen molar-refractivity contribution in [2.45, 2.75) is 57.0 Å². The van der Waals surface area contributed by atoms with Gasteiger partial charge in [-0.05, 0) is 37.7 Å². The number of hydrogen-bond donors (Lipinski definition) is 0. The van der Waals surface area contributed by atoms with E-state index in [0.717, 1.165) is 30.9 Å². The SMILES string of the molecule is O=C(c1cc(C2CC2)on1)N1Cc2ccnn2C(COCC2CCCC2)C1. The van der Waals surface area contributed by atoms with E-state index in [4.69, 9.17) is 9.26 Å². The van der Waals surface area contributed by atoms with Gasteiger partial charge in [0.25, 0.3) is 5.91 Å². The van der Waals surface area contributed by atoms with Crippen molar-refractivity contribution in [3.63, 3.8) is 0 Å². The Hall–Kier alpha value is -2.15. The number of amides is 1. The monoisotopic (exact) mass is 370 g/mol. The summed E-state index contributed by atoms with van der Waals surface area (Å²) in [6.07, 6.45) is 9.26. The Morgan fingerprint density at radius 2 is 2.07 bits per heavy atom. The maximum absolute atomic E-state index is 12.9. The molecule has 144 valence electrons. The lowest BCUT2D eigenvalue weighted by atomic mass is 10.1. The number of carbonyl (C=O) groups is 1. The second-order valence-electron chi connectivity index (χ2n) is 8.18. The van der Waals surface area contributed by atoms with Crippen LogP contribution in [-0.4, -0.2) is 45.5 Å². The lowest BCUT2D eigenvalue weighted by molar-refractivity contribution is 0.0396. The van der Waals surface area contributed by atoms with Crippen LogP contribution in [0.2, 0.25) is 0 Å². The van der Waals surface area contributed by atoms with Gasteiger partial charge in [-0.25, -0.2) is 0 Å². The highest BCUT2D eigenvalue weighted by Crippen LogP contribution is 2.40. The molecule has 2 saturated carbocycles. The van der Waals surface area contributed by atoms with Crippen LogP contribution in [0.25, 0.3) is 0 Å². The molecule has 27 heavy (non-hydrogen) atoms. The van der Waals surface area contributed by atoms with E-state index in [-0.39, 0.29) is 11.9 Å². The van der Waals surface area contributed by atoms with Gasteiger partial charge in [0, 0.05) is 31.3 Å². The Morgan fingerprint density at radius 1 is 1.22 bits per heavy atom. The molecule has 0 saturated heterocycles. The van der Waals surface area contributed by atoms with Gasteiger partial charge < -0.3 is 14.2 Å². The van der Waals surface area contributed by atoms with Crippen molar-refractivity contribution >= 4 is 5.91 Å². The minimum atomic E-state index is -0.0705. The molecule has 1 amide bonds. The Morgan fingerprint density at radius 3 is 2.89 bits per heavy atom. The quantitative estimate of drug-likeness (QED) is 0.781. The molecule has 0 bridgehead atoms. The van der Waals surface area contributed by atoms with E-state index >= 15 is 0 Å². The molecule has 0 aromatic carbocycles. The number of nitrogens with zero attached hydrogens (tertiary/aromatic N) is 4. The average molecular weight is 370 g/mol. The van der Waals surface area contributed by atoms with Crippen molar-refractivity contribution in [1.82, 2.24) is 19.8 Å². The molecule has 7 nitrogen and oxygen atoms in total. The molecular formula is C20H26N4O3. The zero-order valence-electron chi connectivity index (χ0n) is 15.5. The smallest absolute Gasteiger partial charge is 0.276 e. The molecule has 3 aliphatic rings. The first-order valence-corrected chi connectivity index (χ1v) is 10.1. The van der Waals surface area contributed by atoms with E-state index < -0.39 is 0 Å². The molecular weight excluding hydrogens is 344 g/mol. The van der Waals surface area contributed by atoms with Crippen molar-refractivity contribution in [3.8, 4) is 0 Å². The van der Waals surface area contributed by atoms with Crippen molar-refractivity contribution in [1.29, 1.82) is 0 Å². The topological polar surface area (TPSA) is 73.4 Å². The normalized spacial score (nSPS) is 23.0. The molecule has 2 aliphatic carbocycles. The van der Waals surface area contributed by atoms with Gasteiger partial charge in [-0.2, -0.15) is 5.10 Å². The molecule has 1 unspecified atom stereocenters. The maximum atomic E-state index is 12.9. The van der Waals surface area contributed by atoms with Gasteiger partial charge in [0.15, 0.2) is 5.69 Å². The van der Waals surface area contributed by atoms with Crippen LogP contribution in [0.1, 0.15) is 72.4 Å². The van der Waals surface area contributed by atoms with E-state index in [0.29, 0.717) is 37.2 Å². The van der Waals surface area contributed by atoms with Crippen LogP contribution in [0.15, 0.2) is 22.9 Å². The number of aromatic nitrogens is 3. The Labute approximate surface area is 158 Å². The number of ether oxygens (including phenoxy) is 1. The highest BCUT2D eigenvalue weighted by Gasteiger charge is 2.33. The van der Waals surface area contributed by atoms with Gasteiger partial charge in [-0.1, -0.05) is 18.0 Å². The number of hydrogen-bond acceptors (Lipinski definition) is 5. The first kappa shape index (κ1) is 17.0. The van der Waals surface area contributed by atoms with E-state index in [1.807, 2.05) is 21.7 Å². The van der Waals surface area contributed by atoms with Gasteiger partial charge in [-0.3, -0.25) is 9.48 Å².